The van der Waals surface area contributed by atoms with E-state index in [1.54, 1.807) is 0 Å². The Balaban J connectivity index is 0. The molecule has 0 rings (SSSR count). The Kier molecular flexibility index (Phi) is 5.87. The molecule has 0 aliphatic carbocycles. The highest BCUT2D eigenvalue weighted by molar-refractivity contribution is 4.90. The molecule has 74 valence electrons. The zero-order valence-corrected chi connectivity index (χ0v) is 8.98. The van der Waals surface area contributed by atoms with E-state index in [0.29, 0.717) is 5.92 Å². The van der Waals surface area contributed by atoms with Crippen molar-refractivity contribution in [1.82, 2.24) is 5.32 Å². The molecule has 0 radical (unpaired) electrons. The van der Waals surface area contributed by atoms with Crippen LogP contribution < -0.4 is 5.32 Å². The van der Waals surface area contributed by atoms with Crippen molar-refractivity contribution in [2.45, 2.75) is 40.5 Å². The van der Waals surface area contributed by atoms with Crippen LogP contribution in [0.25, 0.3) is 0 Å². The highest BCUT2D eigenvalue weighted by atomic mass is 14.9. The molecule has 0 aromatic carbocycles. The molecule has 0 saturated carbocycles. The fourth-order valence-electron chi connectivity index (χ4n) is 0.900. The van der Waals surface area contributed by atoms with Gasteiger partial charge in [0.15, 0.2) is 0 Å². The van der Waals surface area contributed by atoms with Gasteiger partial charge in [-0.1, -0.05) is 34.3 Å². The first kappa shape index (κ1) is 11.5. The molecule has 0 heterocycles. The molecule has 0 amide bonds. The summed E-state index contributed by atoms with van der Waals surface area (Å²) in [5.41, 5.74) is 1.19. The zero-order valence-electron chi connectivity index (χ0n) is 8.98. The maximum atomic E-state index is 3.99. The molecule has 0 spiro atoms. The molecule has 0 aliphatic rings. The summed E-state index contributed by atoms with van der Waals surface area (Å²) >= 11 is 0. The lowest BCUT2D eigenvalue weighted by Crippen LogP contribution is -2.18. The maximum absolute atomic E-state index is 3.99. The van der Waals surface area contributed by atoms with Gasteiger partial charge in [-0.2, -0.15) is 0 Å². The van der Waals surface area contributed by atoms with Gasteiger partial charge in [0.2, 0.25) is 0 Å². The summed E-state index contributed by atoms with van der Waals surface area (Å²) in [5.74, 6) is 1.49. The minimum Gasteiger partial charge on any atom is -0.389 e. The molecular formula is C11H25N. The average molecular weight is 171 g/mol. The van der Waals surface area contributed by atoms with Crippen molar-refractivity contribution in [2.75, 3.05) is 6.54 Å². The van der Waals surface area contributed by atoms with E-state index in [1.165, 1.54) is 12.1 Å². The Hall–Kier alpha value is -0.460. The molecule has 0 fully saturated rings. The Labute approximate surface area is 78.7 Å². The third-order valence-corrected chi connectivity index (χ3v) is 1.78. The Morgan fingerprint density at radius 2 is 1.83 bits per heavy atom. The lowest BCUT2D eigenvalue weighted by atomic mass is 10.1. The van der Waals surface area contributed by atoms with Crippen molar-refractivity contribution in [3.05, 3.63) is 12.3 Å². The summed E-state index contributed by atoms with van der Waals surface area (Å²) in [4.78, 5) is 0. The molecule has 0 saturated heterocycles. The van der Waals surface area contributed by atoms with Gasteiger partial charge in [0.05, 0.1) is 0 Å². The zero-order chi connectivity index (χ0) is 9.56. The minimum absolute atomic E-state index is 0. The first-order valence-corrected chi connectivity index (χ1v) is 4.94. The number of hydrogen-bond acceptors (Lipinski definition) is 1. The molecule has 0 aliphatic heterocycles. The van der Waals surface area contributed by atoms with Gasteiger partial charge in [-0.25, -0.2) is 0 Å². The molecule has 1 N–H and O–H groups in total. The van der Waals surface area contributed by atoms with E-state index in [-0.39, 0.29) is 1.43 Å². The molecule has 1 nitrogen and oxygen atoms in total. The largest absolute Gasteiger partial charge is 0.389 e. The van der Waals surface area contributed by atoms with E-state index >= 15 is 0 Å². The van der Waals surface area contributed by atoms with Crippen molar-refractivity contribution >= 4 is 0 Å². The van der Waals surface area contributed by atoms with Gasteiger partial charge in [0.1, 0.15) is 0 Å². The van der Waals surface area contributed by atoms with Crippen molar-refractivity contribution in [3.8, 4) is 0 Å². The van der Waals surface area contributed by atoms with Gasteiger partial charge >= 0.3 is 0 Å². The lowest BCUT2D eigenvalue weighted by molar-refractivity contribution is 0.542. The number of allylic oxidation sites excluding steroid dienone is 1. The highest BCUT2D eigenvalue weighted by Gasteiger charge is 1.98. The van der Waals surface area contributed by atoms with Gasteiger partial charge < -0.3 is 5.32 Å². The summed E-state index contributed by atoms with van der Waals surface area (Å²) in [6.07, 6.45) is 2.36. The summed E-state index contributed by atoms with van der Waals surface area (Å²) in [7, 11) is 0. The minimum atomic E-state index is 0. The van der Waals surface area contributed by atoms with E-state index in [9.17, 15) is 0 Å². The van der Waals surface area contributed by atoms with Crippen LogP contribution in [0.4, 0.5) is 0 Å². The van der Waals surface area contributed by atoms with Crippen molar-refractivity contribution in [1.29, 1.82) is 0 Å². The van der Waals surface area contributed by atoms with Crippen LogP contribution in [0.1, 0.15) is 42.0 Å². The van der Waals surface area contributed by atoms with Gasteiger partial charge in [-0.15, -0.1) is 0 Å². The van der Waals surface area contributed by atoms with Gasteiger partial charge in [-0.3, -0.25) is 0 Å². The molecule has 0 atom stereocenters. The SMILES string of the molecule is C=C(CCC(C)C)NCC(C)C.[HH]. The summed E-state index contributed by atoms with van der Waals surface area (Å²) < 4.78 is 0. The van der Waals surface area contributed by atoms with Crippen LogP contribution in [0.3, 0.4) is 0 Å². The average Bonchev–Trinajstić information content (AvgIpc) is 1.96. The number of hydrogen-bond donors (Lipinski definition) is 1. The first-order valence-electron chi connectivity index (χ1n) is 4.94. The van der Waals surface area contributed by atoms with Crippen LogP contribution in [0.5, 0.6) is 0 Å². The van der Waals surface area contributed by atoms with Crippen molar-refractivity contribution in [3.63, 3.8) is 0 Å². The number of nitrogens with one attached hydrogen (secondary N) is 1. The highest BCUT2D eigenvalue weighted by Crippen LogP contribution is 2.07. The third-order valence-electron chi connectivity index (χ3n) is 1.78. The molecular weight excluding hydrogens is 146 g/mol. The normalized spacial score (nSPS) is 10.8. The van der Waals surface area contributed by atoms with Gasteiger partial charge in [0, 0.05) is 13.7 Å². The molecule has 0 aromatic heterocycles. The van der Waals surface area contributed by atoms with Gasteiger partial charge in [-0.05, 0) is 24.7 Å². The molecule has 12 heavy (non-hydrogen) atoms. The first-order chi connectivity index (χ1) is 5.52. The molecule has 1 heteroatoms. The Bertz CT molecular complexity index is 116. The van der Waals surface area contributed by atoms with E-state index in [0.717, 1.165) is 18.9 Å². The van der Waals surface area contributed by atoms with E-state index in [2.05, 4.69) is 39.6 Å². The van der Waals surface area contributed by atoms with Gasteiger partial charge in [0.25, 0.3) is 0 Å². The van der Waals surface area contributed by atoms with Crippen LogP contribution in [0.2, 0.25) is 0 Å². The predicted octanol–water partition coefficient (Wildman–Crippen LogP) is 3.43. The maximum Gasteiger partial charge on any atom is 0.0166 e. The third kappa shape index (κ3) is 7.64. The van der Waals surface area contributed by atoms with Crippen molar-refractivity contribution < 1.29 is 1.43 Å². The monoisotopic (exact) mass is 171 g/mol. The van der Waals surface area contributed by atoms with E-state index in [1.807, 2.05) is 0 Å². The predicted molar refractivity (Wildman–Crippen MR) is 58.2 cm³/mol. The van der Waals surface area contributed by atoms with Crippen LogP contribution in [0.15, 0.2) is 12.3 Å². The molecule has 0 unspecified atom stereocenters. The second-order valence-electron chi connectivity index (χ2n) is 4.31. The standard InChI is InChI=1S/C11H23N.H2/c1-9(2)6-7-11(5)12-8-10(3)4;/h9-10,12H,5-8H2,1-4H3;1H. The second kappa shape index (κ2) is 6.10. The topological polar surface area (TPSA) is 12.0 Å². The van der Waals surface area contributed by atoms with Crippen LogP contribution in [-0.2, 0) is 0 Å². The fraction of sp³-hybridized carbons (Fsp3) is 0.818. The van der Waals surface area contributed by atoms with Crippen LogP contribution in [0, 0.1) is 11.8 Å². The quantitative estimate of drug-likeness (QED) is 0.645. The summed E-state index contributed by atoms with van der Waals surface area (Å²) in [5, 5.41) is 3.34. The second-order valence-corrected chi connectivity index (χ2v) is 4.31. The van der Waals surface area contributed by atoms with Crippen LogP contribution >= 0.6 is 0 Å². The number of rotatable bonds is 6. The lowest BCUT2D eigenvalue weighted by Gasteiger charge is -2.12. The summed E-state index contributed by atoms with van der Waals surface area (Å²) in [6.45, 7) is 14.0. The Morgan fingerprint density at radius 3 is 2.25 bits per heavy atom. The smallest absolute Gasteiger partial charge is 0.0166 e. The van der Waals surface area contributed by atoms with Crippen LogP contribution in [-0.4, -0.2) is 6.54 Å². The van der Waals surface area contributed by atoms with E-state index < -0.39 is 0 Å². The molecule has 0 bridgehead atoms. The van der Waals surface area contributed by atoms with Crippen molar-refractivity contribution in [2.24, 2.45) is 11.8 Å². The fourth-order valence-corrected chi connectivity index (χ4v) is 0.900. The molecule has 0 aromatic rings. The summed E-state index contributed by atoms with van der Waals surface area (Å²) in [6, 6.07) is 0. The van der Waals surface area contributed by atoms with E-state index in [4.69, 9.17) is 0 Å². The Morgan fingerprint density at radius 1 is 1.25 bits per heavy atom.